The van der Waals surface area contributed by atoms with Crippen molar-refractivity contribution in [2.75, 3.05) is 11.9 Å². The van der Waals surface area contributed by atoms with Crippen LogP contribution in [0.25, 0.3) is 5.69 Å². The van der Waals surface area contributed by atoms with Gasteiger partial charge in [0.05, 0.1) is 35.3 Å². The van der Waals surface area contributed by atoms with Gasteiger partial charge in [-0.2, -0.15) is 10.4 Å². The number of amides is 1. The zero-order valence-corrected chi connectivity index (χ0v) is 17.9. The number of hydrogen-bond acceptors (Lipinski definition) is 4. The van der Waals surface area contributed by atoms with Crippen LogP contribution in [0, 0.1) is 29.5 Å². The lowest BCUT2D eigenvalue weighted by Crippen LogP contribution is -2.17. The van der Waals surface area contributed by atoms with Crippen molar-refractivity contribution >= 4 is 11.6 Å². The second-order valence-electron chi connectivity index (χ2n) is 8.16. The molecule has 0 unspecified atom stereocenters. The summed E-state index contributed by atoms with van der Waals surface area (Å²) in [6, 6.07) is 12.9. The number of aromatic nitrogens is 2. The van der Waals surface area contributed by atoms with Gasteiger partial charge in [0.2, 0.25) is 0 Å². The summed E-state index contributed by atoms with van der Waals surface area (Å²) in [5.74, 6) is -0.219. The van der Waals surface area contributed by atoms with Crippen molar-refractivity contribution in [1.82, 2.24) is 9.78 Å². The van der Waals surface area contributed by atoms with E-state index in [4.69, 9.17) is 4.74 Å². The maximum absolute atomic E-state index is 13.1. The fourth-order valence-corrected chi connectivity index (χ4v) is 2.79. The van der Waals surface area contributed by atoms with Crippen LogP contribution in [-0.2, 0) is 0 Å². The highest BCUT2D eigenvalue weighted by molar-refractivity contribution is 6.05. The number of halogens is 1. The molecule has 0 saturated heterocycles. The molecule has 2 aromatic carbocycles. The van der Waals surface area contributed by atoms with Crippen LogP contribution in [0.15, 0.2) is 48.7 Å². The van der Waals surface area contributed by atoms with Crippen LogP contribution in [0.5, 0.6) is 5.75 Å². The van der Waals surface area contributed by atoms with Crippen LogP contribution in [0.1, 0.15) is 42.4 Å². The van der Waals surface area contributed by atoms with Crippen LogP contribution in [0.2, 0.25) is 0 Å². The van der Waals surface area contributed by atoms with E-state index in [1.165, 1.54) is 18.3 Å². The van der Waals surface area contributed by atoms with Gasteiger partial charge in [0.1, 0.15) is 17.6 Å². The maximum Gasteiger partial charge on any atom is 0.259 e. The van der Waals surface area contributed by atoms with Gasteiger partial charge < -0.3 is 15.5 Å². The predicted octanol–water partition coefficient (Wildman–Crippen LogP) is 4.04. The number of nitrogens with one attached hydrogen (secondary N) is 1. The molecular weight excluding hydrogens is 399 g/mol. The number of nitrogens with zero attached hydrogens (tertiary/aromatic N) is 3. The number of benzene rings is 2. The highest BCUT2D eigenvalue weighted by Gasteiger charge is 2.17. The lowest BCUT2D eigenvalue weighted by Gasteiger charge is -2.19. The van der Waals surface area contributed by atoms with Crippen molar-refractivity contribution < 1.29 is 19.4 Å². The Kier molecular flexibility index (Phi) is 7.16. The molecular formula is C23H25FN4O3. The molecule has 8 heteroatoms. The van der Waals surface area contributed by atoms with Gasteiger partial charge in [-0.05, 0) is 54.8 Å². The van der Waals surface area contributed by atoms with E-state index in [1.807, 2.05) is 20.8 Å². The fraction of sp³-hybridized carbons (Fsp3) is 0.261. The molecule has 0 radical (unpaired) electrons. The average Bonchev–Trinajstić information content (AvgIpc) is 3.08. The van der Waals surface area contributed by atoms with Gasteiger partial charge >= 0.3 is 0 Å². The summed E-state index contributed by atoms with van der Waals surface area (Å²) in [4.78, 5) is 12.7. The van der Waals surface area contributed by atoms with Crippen molar-refractivity contribution in [3.8, 4) is 17.5 Å². The van der Waals surface area contributed by atoms with Gasteiger partial charge in [-0.15, -0.1) is 0 Å². The van der Waals surface area contributed by atoms with Crippen molar-refractivity contribution in [2.45, 2.75) is 27.7 Å². The summed E-state index contributed by atoms with van der Waals surface area (Å²) in [5.41, 5.74) is 2.43. The maximum atomic E-state index is 13.1. The molecule has 0 bridgehead atoms. The molecule has 7 nitrogen and oxygen atoms in total. The molecule has 3 N–H and O–H groups in total. The van der Waals surface area contributed by atoms with E-state index in [-0.39, 0.29) is 22.6 Å². The van der Waals surface area contributed by atoms with Gasteiger partial charge in [-0.3, -0.25) is 4.79 Å². The van der Waals surface area contributed by atoms with Crippen LogP contribution in [0.4, 0.5) is 10.1 Å². The summed E-state index contributed by atoms with van der Waals surface area (Å²) in [6.07, 6.45) is 1.46. The summed E-state index contributed by atoms with van der Waals surface area (Å²) in [7, 11) is 0. The van der Waals surface area contributed by atoms with E-state index in [0.717, 1.165) is 0 Å². The molecule has 1 heterocycles. The number of carbonyl (C=O) groups is 1. The third-order valence-corrected chi connectivity index (χ3v) is 4.34. The number of ether oxygens (including phenoxy) is 1. The Labute approximate surface area is 180 Å². The molecule has 3 aromatic rings. The van der Waals surface area contributed by atoms with Crippen LogP contribution < -0.4 is 10.1 Å². The van der Waals surface area contributed by atoms with Crippen molar-refractivity contribution in [3.63, 3.8) is 0 Å². The molecule has 0 aliphatic heterocycles. The molecule has 31 heavy (non-hydrogen) atoms. The normalized spacial score (nSPS) is 10.7. The first-order valence-corrected chi connectivity index (χ1v) is 9.47. The van der Waals surface area contributed by atoms with Crippen molar-refractivity contribution in [1.29, 1.82) is 5.26 Å². The Morgan fingerprint density at radius 2 is 1.90 bits per heavy atom. The van der Waals surface area contributed by atoms with E-state index in [0.29, 0.717) is 40.6 Å². The Bertz CT molecular complexity index is 1110. The van der Waals surface area contributed by atoms with Gasteiger partial charge in [-0.1, -0.05) is 20.8 Å². The zero-order valence-electron chi connectivity index (χ0n) is 17.9. The first-order valence-electron chi connectivity index (χ1n) is 9.47. The zero-order chi connectivity index (χ0) is 21.9. The van der Waals surface area contributed by atoms with Crippen LogP contribution >= 0.6 is 0 Å². The molecule has 1 amide bonds. The van der Waals surface area contributed by atoms with Crippen molar-refractivity contribution in [3.05, 3.63) is 71.3 Å². The highest BCUT2D eigenvalue weighted by atomic mass is 19.1. The van der Waals surface area contributed by atoms with Crippen LogP contribution in [-0.4, -0.2) is 27.8 Å². The highest BCUT2D eigenvalue weighted by Crippen LogP contribution is 2.25. The van der Waals surface area contributed by atoms with Gasteiger partial charge in [0.25, 0.3) is 5.91 Å². The lowest BCUT2D eigenvalue weighted by atomic mass is 9.98. The Hall–Kier alpha value is -3.70. The summed E-state index contributed by atoms with van der Waals surface area (Å²) in [6.45, 7) is 8.36. The Morgan fingerprint density at radius 1 is 1.23 bits per heavy atom. The number of anilines is 1. The van der Waals surface area contributed by atoms with E-state index >= 15 is 0 Å². The molecule has 0 saturated carbocycles. The molecule has 0 aliphatic rings. The quantitative estimate of drug-likeness (QED) is 0.666. The molecule has 0 atom stereocenters. The number of carbonyl (C=O) groups excluding carboxylic acids is 1. The SMILES string of the molecule is Cc1c(C(=O)Nc2ccc(OCC(C)(C)C)c(C#N)c2)cnn1-c1ccc(F)cc1.O. The molecule has 3 rings (SSSR count). The minimum absolute atomic E-state index is 0. The third kappa shape index (κ3) is 5.68. The van der Waals surface area contributed by atoms with Crippen LogP contribution in [0.3, 0.4) is 0 Å². The minimum atomic E-state index is -0.354. The predicted molar refractivity (Wildman–Crippen MR) is 116 cm³/mol. The third-order valence-electron chi connectivity index (χ3n) is 4.34. The lowest BCUT2D eigenvalue weighted by molar-refractivity contribution is 0.102. The van der Waals surface area contributed by atoms with E-state index < -0.39 is 0 Å². The monoisotopic (exact) mass is 424 g/mol. The number of nitriles is 1. The minimum Gasteiger partial charge on any atom is -0.492 e. The molecule has 1 aromatic heterocycles. The summed E-state index contributed by atoms with van der Waals surface area (Å²) >= 11 is 0. The number of hydrogen-bond donors (Lipinski definition) is 1. The molecule has 0 spiro atoms. The Morgan fingerprint density at radius 3 is 2.52 bits per heavy atom. The van der Waals surface area contributed by atoms with E-state index in [2.05, 4.69) is 16.5 Å². The second kappa shape index (κ2) is 9.41. The van der Waals surface area contributed by atoms with Gasteiger partial charge in [0, 0.05) is 5.69 Å². The average molecular weight is 424 g/mol. The van der Waals surface area contributed by atoms with E-state index in [9.17, 15) is 14.4 Å². The summed E-state index contributed by atoms with van der Waals surface area (Å²) in [5, 5.41) is 16.5. The smallest absolute Gasteiger partial charge is 0.259 e. The van der Waals surface area contributed by atoms with Gasteiger partial charge in [-0.25, -0.2) is 9.07 Å². The first kappa shape index (κ1) is 23.6. The summed E-state index contributed by atoms with van der Waals surface area (Å²) < 4.78 is 20.5. The first-order chi connectivity index (χ1) is 14.2. The molecule has 162 valence electrons. The van der Waals surface area contributed by atoms with Gasteiger partial charge in [0.15, 0.2) is 0 Å². The molecule has 0 aliphatic carbocycles. The van der Waals surface area contributed by atoms with Crippen molar-refractivity contribution in [2.24, 2.45) is 5.41 Å². The second-order valence-corrected chi connectivity index (χ2v) is 8.16. The number of rotatable bonds is 5. The molecule has 0 fully saturated rings. The van der Waals surface area contributed by atoms with E-state index in [1.54, 1.807) is 41.9 Å². The topological polar surface area (TPSA) is 111 Å². The fourth-order valence-electron chi connectivity index (χ4n) is 2.79. The standard InChI is InChI=1S/C23H23FN4O2.H2O/c1-15-20(13-26-28(15)19-8-5-17(24)6-9-19)22(29)27-18-7-10-21(16(11-18)12-25)30-14-23(2,3)4;/h5-11,13H,14H2,1-4H3,(H,27,29);1H2. The largest absolute Gasteiger partial charge is 0.492 e. The Balaban J connectivity index is 0.00000341.